The number of sulfonamides is 1. The molecule has 0 aliphatic heterocycles. The van der Waals surface area contributed by atoms with Crippen molar-refractivity contribution in [2.45, 2.75) is 57.5 Å². The van der Waals surface area contributed by atoms with Gasteiger partial charge in [-0.25, -0.2) is 8.42 Å². The van der Waals surface area contributed by atoms with E-state index in [2.05, 4.69) is 5.32 Å². The zero-order valence-electron chi connectivity index (χ0n) is 26.2. The number of unbranched alkanes of at least 4 members (excludes halogenated alkanes) is 1. The molecule has 7 nitrogen and oxygen atoms in total. The molecule has 0 aromatic heterocycles. The highest BCUT2D eigenvalue weighted by atomic mass is 35.5. The molecule has 0 aliphatic rings. The lowest BCUT2D eigenvalue weighted by Gasteiger charge is -2.34. The summed E-state index contributed by atoms with van der Waals surface area (Å²) in [6, 6.07) is 27.0. The molecule has 0 saturated carbocycles. The van der Waals surface area contributed by atoms with Crippen LogP contribution in [-0.2, 0) is 32.6 Å². The highest BCUT2D eigenvalue weighted by molar-refractivity contribution is 7.92. The number of amides is 2. The molecule has 0 heterocycles. The number of hydrogen-bond acceptors (Lipinski definition) is 4. The monoisotopic (exact) mass is 679 g/mol. The third kappa shape index (κ3) is 8.90. The van der Waals surface area contributed by atoms with E-state index in [9.17, 15) is 18.0 Å². The van der Waals surface area contributed by atoms with Gasteiger partial charge in [0.15, 0.2) is 0 Å². The normalized spacial score (nSPS) is 11.9. The molecule has 1 N–H and O–H groups in total. The van der Waals surface area contributed by atoms with Crippen LogP contribution in [0.15, 0.2) is 102 Å². The maximum absolute atomic E-state index is 14.6. The number of rotatable bonds is 14. The first-order chi connectivity index (χ1) is 22.0. The molecule has 10 heteroatoms. The predicted octanol–water partition coefficient (Wildman–Crippen LogP) is 7.36. The molecule has 0 spiro atoms. The van der Waals surface area contributed by atoms with Crippen molar-refractivity contribution in [3.63, 3.8) is 0 Å². The Kier molecular flexibility index (Phi) is 12.3. The molecule has 242 valence electrons. The van der Waals surface area contributed by atoms with Crippen molar-refractivity contribution in [1.82, 2.24) is 10.2 Å². The van der Waals surface area contributed by atoms with Crippen molar-refractivity contribution in [2.75, 3.05) is 17.4 Å². The lowest BCUT2D eigenvalue weighted by molar-refractivity contribution is -0.140. The Hall–Kier alpha value is -3.85. The largest absolute Gasteiger partial charge is 0.354 e. The fraction of sp³-hybridized carbons (Fsp3) is 0.278. The Labute approximate surface area is 282 Å². The number of halogens is 2. The van der Waals surface area contributed by atoms with Crippen LogP contribution in [0.3, 0.4) is 0 Å². The van der Waals surface area contributed by atoms with Crippen molar-refractivity contribution in [2.24, 2.45) is 0 Å². The third-order valence-corrected chi connectivity index (χ3v) is 10.3. The zero-order chi connectivity index (χ0) is 33.3. The standard InChI is InChI=1S/C36H39Cl2N3O4S/c1-4-5-21-39-36(43)34(22-28-12-7-6-8-13-28)40(24-29-14-10-9-11-27(29)3)35(42)25-41(30-17-20-32(37)33(38)23-30)46(44,45)31-18-15-26(2)16-19-31/h6-20,23,34H,4-5,21-22,24-25H2,1-3H3,(H,39,43). The van der Waals surface area contributed by atoms with Gasteiger partial charge in [0.05, 0.1) is 20.6 Å². The van der Waals surface area contributed by atoms with Crippen LogP contribution in [0.1, 0.15) is 42.0 Å². The Balaban J connectivity index is 1.81. The maximum Gasteiger partial charge on any atom is 0.264 e. The molecule has 0 radical (unpaired) electrons. The van der Waals surface area contributed by atoms with E-state index in [1.807, 2.05) is 75.4 Å². The average molecular weight is 681 g/mol. The Morgan fingerprint density at radius 1 is 0.848 bits per heavy atom. The van der Waals surface area contributed by atoms with Gasteiger partial charge < -0.3 is 10.2 Å². The summed E-state index contributed by atoms with van der Waals surface area (Å²) in [6.45, 7) is 5.82. The molecule has 0 fully saturated rings. The van der Waals surface area contributed by atoms with Crippen LogP contribution in [0.5, 0.6) is 0 Å². The molecule has 0 saturated heterocycles. The summed E-state index contributed by atoms with van der Waals surface area (Å²) < 4.78 is 29.4. The summed E-state index contributed by atoms with van der Waals surface area (Å²) >= 11 is 12.5. The number of anilines is 1. The molecule has 1 atom stereocenters. The summed E-state index contributed by atoms with van der Waals surface area (Å²) in [4.78, 5) is 29.9. The molecular weight excluding hydrogens is 641 g/mol. The van der Waals surface area contributed by atoms with E-state index in [4.69, 9.17) is 23.2 Å². The molecule has 4 rings (SSSR count). The van der Waals surface area contributed by atoms with Crippen LogP contribution in [0.4, 0.5) is 5.69 Å². The topological polar surface area (TPSA) is 86.8 Å². The zero-order valence-corrected chi connectivity index (χ0v) is 28.6. The van der Waals surface area contributed by atoms with Crippen molar-refractivity contribution < 1.29 is 18.0 Å². The van der Waals surface area contributed by atoms with Crippen molar-refractivity contribution >= 4 is 50.7 Å². The van der Waals surface area contributed by atoms with Gasteiger partial charge in [-0.05, 0) is 67.3 Å². The van der Waals surface area contributed by atoms with E-state index >= 15 is 0 Å². The second-order valence-corrected chi connectivity index (χ2v) is 13.9. The molecule has 2 amide bonds. The fourth-order valence-corrected chi connectivity index (χ4v) is 6.74. The van der Waals surface area contributed by atoms with Gasteiger partial charge in [-0.1, -0.05) is 109 Å². The van der Waals surface area contributed by atoms with E-state index in [0.29, 0.717) is 6.54 Å². The minimum atomic E-state index is -4.25. The van der Waals surface area contributed by atoms with Gasteiger partial charge in [0, 0.05) is 19.5 Å². The minimum Gasteiger partial charge on any atom is -0.354 e. The van der Waals surface area contributed by atoms with Crippen LogP contribution >= 0.6 is 23.2 Å². The van der Waals surface area contributed by atoms with Gasteiger partial charge in [-0.2, -0.15) is 0 Å². The van der Waals surface area contributed by atoms with Gasteiger partial charge in [-0.15, -0.1) is 0 Å². The van der Waals surface area contributed by atoms with Crippen molar-refractivity contribution in [3.8, 4) is 0 Å². The van der Waals surface area contributed by atoms with Gasteiger partial charge in [0.25, 0.3) is 10.0 Å². The molecular formula is C36H39Cl2N3O4S. The smallest absolute Gasteiger partial charge is 0.264 e. The highest BCUT2D eigenvalue weighted by Gasteiger charge is 2.35. The average Bonchev–Trinajstić information content (AvgIpc) is 3.04. The first-order valence-corrected chi connectivity index (χ1v) is 17.4. The number of carbonyl (C=O) groups excluding carboxylic acids is 2. The second-order valence-electron chi connectivity index (χ2n) is 11.2. The number of nitrogens with one attached hydrogen (secondary N) is 1. The number of benzene rings is 4. The molecule has 0 bridgehead atoms. The molecule has 46 heavy (non-hydrogen) atoms. The van der Waals surface area contributed by atoms with E-state index in [1.54, 1.807) is 12.1 Å². The summed E-state index contributed by atoms with van der Waals surface area (Å²) in [5.41, 5.74) is 3.72. The second kappa shape index (κ2) is 16.1. The lowest BCUT2D eigenvalue weighted by atomic mass is 10.0. The number of carbonyl (C=O) groups is 2. The van der Waals surface area contributed by atoms with Crippen LogP contribution in [0, 0.1) is 13.8 Å². The lowest BCUT2D eigenvalue weighted by Crippen LogP contribution is -2.53. The van der Waals surface area contributed by atoms with E-state index in [1.165, 1.54) is 35.2 Å². The highest BCUT2D eigenvalue weighted by Crippen LogP contribution is 2.31. The summed E-state index contributed by atoms with van der Waals surface area (Å²) in [5.74, 6) is -0.849. The molecule has 4 aromatic rings. The first-order valence-electron chi connectivity index (χ1n) is 15.2. The van der Waals surface area contributed by atoms with Crippen molar-refractivity contribution in [1.29, 1.82) is 0 Å². The maximum atomic E-state index is 14.6. The summed E-state index contributed by atoms with van der Waals surface area (Å²) in [6.07, 6.45) is 1.92. The van der Waals surface area contributed by atoms with E-state index < -0.39 is 28.5 Å². The summed E-state index contributed by atoms with van der Waals surface area (Å²) in [7, 11) is -4.25. The Bertz CT molecular complexity index is 1750. The third-order valence-electron chi connectivity index (χ3n) is 7.78. The van der Waals surface area contributed by atoms with Crippen LogP contribution in [0.2, 0.25) is 10.0 Å². The quantitative estimate of drug-likeness (QED) is 0.141. The van der Waals surface area contributed by atoms with E-state index in [0.717, 1.165) is 39.4 Å². The van der Waals surface area contributed by atoms with E-state index in [-0.39, 0.29) is 39.5 Å². The van der Waals surface area contributed by atoms with Gasteiger partial charge in [0.1, 0.15) is 12.6 Å². The number of nitrogens with zero attached hydrogens (tertiary/aromatic N) is 2. The van der Waals surface area contributed by atoms with Crippen LogP contribution in [-0.4, -0.2) is 44.3 Å². The molecule has 1 unspecified atom stereocenters. The fourth-order valence-electron chi connectivity index (χ4n) is 5.04. The predicted molar refractivity (Wildman–Crippen MR) is 186 cm³/mol. The Morgan fingerprint density at radius 3 is 2.17 bits per heavy atom. The van der Waals surface area contributed by atoms with Crippen molar-refractivity contribution in [3.05, 3.63) is 129 Å². The molecule has 0 aliphatic carbocycles. The van der Waals surface area contributed by atoms with Crippen LogP contribution in [0.25, 0.3) is 0 Å². The summed E-state index contributed by atoms with van der Waals surface area (Å²) in [5, 5.41) is 3.39. The number of aryl methyl sites for hydroxylation is 2. The van der Waals surface area contributed by atoms with Crippen LogP contribution < -0.4 is 9.62 Å². The Morgan fingerprint density at radius 2 is 1.52 bits per heavy atom. The van der Waals surface area contributed by atoms with Gasteiger partial charge >= 0.3 is 0 Å². The minimum absolute atomic E-state index is 0.0144. The first kappa shape index (κ1) is 35.0. The molecule has 4 aromatic carbocycles. The van der Waals surface area contributed by atoms with Gasteiger partial charge in [-0.3, -0.25) is 13.9 Å². The van der Waals surface area contributed by atoms with Gasteiger partial charge in [0.2, 0.25) is 11.8 Å². The SMILES string of the molecule is CCCCNC(=O)C(Cc1ccccc1)N(Cc1ccccc1C)C(=O)CN(c1ccc(Cl)c(Cl)c1)S(=O)(=O)c1ccc(C)cc1. The number of hydrogen-bond donors (Lipinski definition) is 1.